The third kappa shape index (κ3) is 1.61. The first-order chi connectivity index (χ1) is 7.77. The van der Waals surface area contributed by atoms with Crippen LogP contribution in [0.4, 0.5) is 0 Å². The summed E-state index contributed by atoms with van der Waals surface area (Å²) in [6, 6.07) is 1.94. The highest BCUT2D eigenvalue weighted by Gasteiger charge is 2.29. The maximum atomic E-state index is 10.1. The van der Waals surface area contributed by atoms with Gasteiger partial charge in [0.2, 0.25) is 0 Å². The number of halogens is 1. The third-order valence-corrected chi connectivity index (χ3v) is 4.53. The van der Waals surface area contributed by atoms with Crippen LogP contribution in [0.1, 0.15) is 17.2 Å². The number of ether oxygens (including phenoxy) is 2. The minimum absolute atomic E-state index is 0.457. The fourth-order valence-electron chi connectivity index (χ4n) is 2.07. The average Bonchev–Trinajstić information content (AvgIpc) is 2.30. The largest absolute Gasteiger partial charge is 0.486 e. The van der Waals surface area contributed by atoms with Crippen LogP contribution in [0.25, 0.3) is 0 Å². The lowest BCUT2D eigenvalue weighted by Gasteiger charge is -2.29. The number of thioether (sulfide) groups is 1. The van der Waals surface area contributed by atoms with Crippen LogP contribution in [0.2, 0.25) is 0 Å². The molecule has 0 aliphatic carbocycles. The Morgan fingerprint density at radius 2 is 2.19 bits per heavy atom. The summed E-state index contributed by atoms with van der Waals surface area (Å²) in [5.74, 6) is 3.10. The molecule has 0 aromatic heterocycles. The lowest BCUT2D eigenvalue weighted by Crippen LogP contribution is -2.20. The molecule has 0 saturated heterocycles. The predicted octanol–water partition coefficient (Wildman–Crippen LogP) is 2.50. The van der Waals surface area contributed by atoms with Gasteiger partial charge >= 0.3 is 0 Å². The molecule has 1 unspecified atom stereocenters. The molecular formula is C11H11BrO3S. The van der Waals surface area contributed by atoms with Gasteiger partial charge in [0.05, 0.1) is 6.10 Å². The number of benzene rings is 1. The average molecular weight is 303 g/mol. The van der Waals surface area contributed by atoms with Crippen LogP contribution < -0.4 is 9.47 Å². The Morgan fingerprint density at radius 1 is 1.38 bits per heavy atom. The van der Waals surface area contributed by atoms with Gasteiger partial charge in [0.1, 0.15) is 13.2 Å². The number of aliphatic hydroxyl groups excluding tert-OH is 1. The summed E-state index contributed by atoms with van der Waals surface area (Å²) >= 11 is 5.26. The van der Waals surface area contributed by atoms with Crippen LogP contribution in [-0.2, 0) is 5.75 Å². The monoisotopic (exact) mass is 302 g/mol. The predicted molar refractivity (Wildman–Crippen MR) is 66.3 cm³/mol. The molecular weight excluding hydrogens is 292 g/mol. The molecule has 86 valence electrons. The highest BCUT2D eigenvalue weighted by molar-refractivity contribution is 9.10. The van der Waals surface area contributed by atoms with Crippen LogP contribution in [0.3, 0.4) is 0 Å². The molecule has 0 saturated carbocycles. The number of rotatable bonds is 0. The lowest BCUT2D eigenvalue weighted by molar-refractivity contribution is 0.153. The first kappa shape index (κ1) is 10.7. The SMILES string of the molecule is OC1CSCc2c(Br)cc3c(c21)OCCO3. The second-order valence-electron chi connectivity index (χ2n) is 3.81. The van der Waals surface area contributed by atoms with Crippen LogP contribution in [0.5, 0.6) is 11.5 Å². The van der Waals surface area contributed by atoms with E-state index < -0.39 is 6.10 Å². The van der Waals surface area contributed by atoms with E-state index in [-0.39, 0.29) is 0 Å². The van der Waals surface area contributed by atoms with Gasteiger partial charge in [-0.05, 0) is 11.6 Å². The Labute approximate surface area is 106 Å². The van der Waals surface area contributed by atoms with Crippen LogP contribution in [0, 0.1) is 0 Å². The molecule has 0 bridgehead atoms. The highest BCUT2D eigenvalue weighted by Crippen LogP contribution is 2.47. The van der Waals surface area contributed by atoms with E-state index in [4.69, 9.17) is 9.47 Å². The number of fused-ring (bicyclic) bond motifs is 3. The highest BCUT2D eigenvalue weighted by atomic mass is 79.9. The second-order valence-corrected chi connectivity index (χ2v) is 5.69. The fourth-order valence-corrected chi connectivity index (χ4v) is 3.84. The minimum atomic E-state index is -0.457. The van der Waals surface area contributed by atoms with Crippen molar-refractivity contribution in [3.63, 3.8) is 0 Å². The summed E-state index contributed by atoms with van der Waals surface area (Å²) in [6.45, 7) is 1.13. The van der Waals surface area contributed by atoms with E-state index in [1.165, 1.54) is 0 Å². The molecule has 2 aliphatic rings. The number of hydrogen-bond donors (Lipinski definition) is 1. The zero-order valence-electron chi connectivity index (χ0n) is 8.53. The standard InChI is InChI=1S/C11H11BrO3S/c12-7-3-9-11(15-2-1-14-9)10-6(7)4-16-5-8(10)13/h3,8,13H,1-2,4-5H2. The smallest absolute Gasteiger partial charge is 0.167 e. The minimum Gasteiger partial charge on any atom is -0.486 e. The molecule has 1 N–H and O–H groups in total. The van der Waals surface area contributed by atoms with Gasteiger partial charge in [-0.1, -0.05) is 15.9 Å². The molecule has 5 heteroatoms. The summed E-state index contributed by atoms with van der Waals surface area (Å²) in [7, 11) is 0. The van der Waals surface area contributed by atoms with E-state index in [0.29, 0.717) is 13.2 Å². The molecule has 2 heterocycles. The van der Waals surface area contributed by atoms with Gasteiger partial charge in [-0.15, -0.1) is 0 Å². The van der Waals surface area contributed by atoms with Crippen LogP contribution >= 0.6 is 27.7 Å². The Kier molecular flexibility index (Phi) is 2.77. The van der Waals surface area contributed by atoms with Gasteiger partial charge in [-0.2, -0.15) is 11.8 Å². The Balaban J connectivity index is 2.21. The van der Waals surface area contributed by atoms with Crippen molar-refractivity contribution in [2.45, 2.75) is 11.9 Å². The van der Waals surface area contributed by atoms with Gasteiger partial charge in [-0.3, -0.25) is 0 Å². The van der Waals surface area contributed by atoms with Gasteiger partial charge in [-0.25, -0.2) is 0 Å². The Morgan fingerprint density at radius 3 is 3.06 bits per heavy atom. The molecule has 16 heavy (non-hydrogen) atoms. The van der Waals surface area contributed by atoms with Crippen molar-refractivity contribution < 1.29 is 14.6 Å². The summed E-state index contributed by atoms with van der Waals surface area (Å²) in [4.78, 5) is 0. The molecule has 2 aliphatic heterocycles. The normalized spacial score (nSPS) is 22.8. The maximum absolute atomic E-state index is 10.1. The molecule has 1 aromatic carbocycles. The molecule has 0 spiro atoms. The van der Waals surface area contributed by atoms with E-state index in [1.54, 1.807) is 11.8 Å². The molecule has 0 radical (unpaired) electrons. The number of hydrogen-bond acceptors (Lipinski definition) is 4. The van der Waals surface area contributed by atoms with Gasteiger partial charge in [0, 0.05) is 21.5 Å². The fraction of sp³-hybridized carbons (Fsp3) is 0.455. The second kappa shape index (κ2) is 4.13. The third-order valence-electron chi connectivity index (χ3n) is 2.78. The quantitative estimate of drug-likeness (QED) is 0.799. The van der Waals surface area contributed by atoms with Crippen molar-refractivity contribution in [1.82, 2.24) is 0 Å². The van der Waals surface area contributed by atoms with Crippen LogP contribution in [0.15, 0.2) is 10.5 Å². The van der Waals surface area contributed by atoms with Crippen molar-refractivity contribution in [3.8, 4) is 11.5 Å². The van der Waals surface area contributed by atoms with Crippen LogP contribution in [-0.4, -0.2) is 24.1 Å². The van der Waals surface area contributed by atoms with Crippen molar-refractivity contribution in [2.75, 3.05) is 19.0 Å². The number of aliphatic hydroxyl groups is 1. The van der Waals surface area contributed by atoms with Crippen molar-refractivity contribution in [2.24, 2.45) is 0 Å². The zero-order chi connectivity index (χ0) is 11.1. The first-order valence-corrected chi connectivity index (χ1v) is 7.09. The summed E-state index contributed by atoms with van der Waals surface area (Å²) in [5.41, 5.74) is 2.04. The van der Waals surface area contributed by atoms with Gasteiger partial charge in [0.25, 0.3) is 0 Å². The van der Waals surface area contributed by atoms with E-state index in [9.17, 15) is 5.11 Å². The van der Waals surface area contributed by atoms with E-state index in [2.05, 4.69) is 15.9 Å². The van der Waals surface area contributed by atoms with E-state index in [1.807, 2.05) is 6.07 Å². The first-order valence-electron chi connectivity index (χ1n) is 5.14. The molecule has 0 fully saturated rings. The lowest BCUT2D eigenvalue weighted by atomic mass is 10.0. The molecule has 3 rings (SSSR count). The molecule has 3 nitrogen and oxygen atoms in total. The van der Waals surface area contributed by atoms with E-state index >= 15 is 0 Å². The summed E-state index contributed by atoms with van der Waals surface area (Å²) in [5, 5.41) is 10.1. The Bertz CT molecular complexity index is 436. The summed E-state index contributed by atoms with van der Waals surface area (Å²) < 4.78 is 12.2. The van der Waals surface area contributed by atoms with E-state index in [0.717, 1.165) is 38.6 Å². The zero-order valence-corrected chi connectivity index (χ0v) is 10.9. The topological polar surface area (TPSA) is 38.7 Å². The van der Waals surface area contributed by atoms with Crippen molar-refractivity contribution in [1.29, 1.82) is 0 Å². The molecule has 0 amide bonds. The Hall–Kier alpha value is -0.390. The van der Waals surface area contributed by atoms with Gasteiger partial charge in [0.15, 0.2) is 11.5 Å². The summed E-state index contributed by atoms with van der Waals surface area (Å²) in [6.07, 6.45) is -0.457. The molecule has 1 atom stereocenters. The maximum Gasteiger partial charge on any atom is 0.167 e. The van der Waals surface area contributed by atoms with Crippen molar-refractivity contribution in [3.05, 3.63) is 21.7 Å². The van der Waals surface area contributed by atoms with Gasteiger partial charge < -0.3 is 14.6 Å². The molecule has 1 aromatic rings. The van der Waals surface area contributed by atoms with Crippen molar-refractivity contribution >= 4 is 27.7 Å².